The number of halogens is 1. The Hall–Kier alpha value is -2.02. The normalized spacial score (nSPS) is 17.7. The van der Waals surface area contributed by atoms with Crippen molar-refractivity contribution in [3.8, 4) is 0 Å². The van der Waals surface area contributed by atoms with E-state index in [4.69, 9.17) is 0 Å². The van der Waals surface area contributed by atoms with Crippen LogP contribution in [0.3, 0.4) is 0 Å². The molecule has 1 aliphatic rings. The van der Waals surface area contributed by atoms with Crippen molar-refractivity contribution in [3.63, 3.8) is 0 Å². The molecule has 1 unspecified atom stereocenters. The highest BCUT2D eigenvalue weighted by Crippen LogP contribution is 2.28. The highest BCUT2D eigenvalue weighted by atomic mass is 19.1. The summed E-state index contributed by atoms with van der Waals surface area (Å²) in [6.07, 6.45) is 0.941. The zero-order valence-electron chi connectivity index (χ0n) is 15.5. The number of benzene rings is 1. The third kappa shape index (κ3) is 3.66. The second-order valence-electron chi connectivity index (χ2n) is 7.52. The van der Waals surface area contributed by atoms with Gasteiger partial charge in [-0.05, 0) is 49.8 Å². The summed E-state index contributed by atoms with van der Waals surface area (Å²) in [5.41, 5.74) is 0.538. The van der Waals surface area contributed by atoms with Crippen LogP contribution in [0, 0.1) is 5.82 Å². The number of hydrogen-bond acceptors (Lipinski definition) is 5. The van der Waals surface area contributed by atoms with E-state index in [1.54, 1.807) is 6.07 Å². The van der Waals surface area contributed by atoms with Crippen molar-refractivity contribution in [2.75, 3.05) is 31.1 Å². The van der Waals surface area contributed by atoms with Gasteiger partial charge in [0, 0.05) is 26.2 Å². The molecule has 2 aromatic rings. The van der Waals surface area contributed by atoms with E-state index in [0.717, 1.165) is 38.4 Å². The first kappa shape index (κ1) is 17.8. The Morgan fingerprint density at radius 1 is 1.12 bits per heavy atom. The summed E-state index contributed by atoms with van der Waals surface area (Å²) < 4.78 is 15.9. The van der Waals surface area contributed by atoms with E-state index in [1.807, 2.05) is 16.8 Å². The van der Waals surface area contributed by atoms with Gasteiger partial charge < -0.3 is 4.90 Å². The fraction of sp³-hybridized carbons (Fsp3) is 0.611. The molecule has 1 atom stereocenters. The Bertz CT molecular complexity index is 700. The van der Waals surface area contributed by atoms with Crippen LogP contribution in [0.25, 0.3) is 0 Å². The highest BCUT2D eigenvalue weighted by molar-refractivity contribution is 5.48. The van der Waals surface area contributed by atoms with Crippen LogP contribution >= 0.6 is 0 Å². The summed E-state index contributed by atoms with van der Waals surface area (Å²) in [7, 11) is 0. The van der Waals surface area contributed by atoms with Crippen molar-refractivity contribution in [2.24, 2.45) is 0 Å². The van der Waals surface area contributed by atoms with Crippen molar-refractivity contribution >= 4 is 5.69 Å². The first-order valence-corrected chi connectivity index (χ1v) is 8.94. The topological polar surface area (TPSA) is 50.1 Å². The van der Waals surface area contributed by atoms with Crippen LogP contribution in [-0.2, 0) is 5.54 Å². The van der Waals surface area contributed by atoms with Crippen LogP contribution in [0.4, 0.5) is 10.1 Å². The van der Waals surface area contributed by atoms with Crippen LogP contribution in [0.1, 0.15) is 46.0 Å². The maximum atomic E-state index is 14.0. The summed E-state index contributed by atoms with van der Waals surface area (Å²) in [5.74, 6) is 0.758. The van der Waals surface area contributed by atoms with Gasteiger partial charge in [-0.1, -0.05) is 19.1 Å². The van der Waals surface area contributed by atoms with Crippen molar-refractivity contribution < 1.29 is 4.39 Å². The number of nitrogens with zero attached hydrogens (tertiary/aromatic N) is 6. The van der Waals surface area contributed by atoms with Gasteiger partial charge in [-0.3, -0.25) is 4.90 Å². The Morgan fingerprint density at radius 2 is 1.80 bits per heavy atom. The molecule has 1 fully saturated rings. The summed E-state index contributed by atoms with van der Waals surface area (Å²) in [6.45, 7) is 11.8. The predicted octanol–water partition coefficient (Wildman–Crippen LogP) is 2.84. The summed E-state index contributed by atoms with van der Waals surface area (Å²) in [4.78, 5) is 4.52. The second kappa shape index (κ2) is 7.07. The lowest BCUT2D eigenvalue weighted by molar-refractivity contribution is 0.161. The zero-order valence-corrected chi connectivity index (χ0v) is 15.5. The molecule has 6 nitrogen and oxygen atoms in total. The number of hydrogen-bond donors (Lipinski definition) is 0. The van der Waals surface area contributed by atoms with E-state index >= 15 is 0 Å². The molecule has 7 heteroatoms. The minimum atomic E-state index is -0.153. The Morgan fingerprint density at radius 3 is 2.40 bits per heavy atom. The quantitative estimate of drug-likeness (QED) is 0.852. The third-order valence-electron chi connectivity index (χ3n) is 4.76. The maximum Gasteiger partial charge on any atom is 0.168 e. The maximum absolute atomic E-state index is 14.0. The van der Waals surface area contributed by atoms with Crippen LogP contribution in [0.2, 0.25) is 0 Å². The average molecular weight is 346 g/mol. The molecular formula is C18H27FN6. The molecular weight excluding hydrogens is 319 g/mol. The van der Waals surface area contributed by atoms with Gasteiger partial charge in [-0.2, -0.15) is 0 Å². The highest BCUT2D eigenvalue weighted by Gasteiger charge is 2.31. The third-order valence-corrected chi connectivity index (χ3v) is 4.76. The number of anilines is 1. The number of aromatic nitrogens is 4. The summed E-state index contributed by atoms with van der Waals surface area (Å²) >= 11 is 0. The van der Waals surface area contributed by atoms with Crippen LogP contribution in [0.15, 0.2) is 24.3 Å². The Kier molecular flexibility index (Phi) is 5.03. The minimum absolute atomic E-state index is 0.152. The molecule has 0 radical (unpaired) electrons. The molecule has 136 valence electrons. The summed E-state index contributed by atoms with van der Waals surface area (Å²) in [6, 6.07) is 7.17. The van der Waals surface area contributed by atoms with E-state index in [-0.39, 0.29) is 17.4 Å². The van der Waals surface area contributed by atoms with Gasteiger partial charge in [0.15, 0.2) is 5.82 Å². The largest absolute Gasteiger partial charge is 0.367 e. The minimum Gasteiger partial charge on any atom is -0.367 e. The van der Waals surface area contributed by atoms with Crippen molar-refractivity contribution in [2.45, 2.75) is 45.7 Å². The van der Waals surface area contributed by atoms with Crippen LogP contribution in [0.5, 0.6) is 0 Å². The second-order valence-corrected chi connectivity index (χ2v) is 7.52. The molecule has 0 aliphatic carbocycles. The lowest BCUT2D eigenvalue weighted by Gasteiger charge is -2.40. The van der Waals surface area contributed by atoms with Gasteiger partial charge >= 0.3 is 0 Å². The van der Waals surface area contributed by atoms with Gasteiger partial charge in [-0.25, -0.2) is 9.07 Å². The van der Waals surface area contributed by atoms with E-state index < -0.39 is 0 Å². The molecule has 25 heavy (non-hydrogen) atoms. The molecule has 1 aliphatic heterocycles. The van der Waals surface area contributed by atoms with E-state index in [0.29, 0.717) is 5.69 Å². The van der Waals surface area contributed by atoms with Crippen molar-refractivity contribution in [3.05, 3.63) is 35.9 Å². The van der Waals surface area contributed by atoms with Gasteiger partial charge in [0.1, 0.15) is 5.82 Å². The molecule has 3 rings (SSSR count). The zero-order chi connectivity index (χ0) is 18.0. The van der Waals surface area contributed by atoms with Gasteiger partial charge in [0.2, 0.25) is 0 Å². The number of para-hydroxylation sites is 1. The molecule has 0 N–H and O–H groups in total. The molecule has 2 heterocycles. The van der Waals surface area contributed by atoms with Gasteiger partial charge in [0.25, 0.3) is 0 Å². The average Bonchev–Trinajstić information content (AvgIpc) is 3.07. The van der Waals surface area contributed by atoms with Gasteiger partial charge in [-0.15, -0.1) is 5.10 Å². The molecule has 0 spiro atoms. The van der Waals surface area contributed by atoms with Crippen LogP contribution < -0.4 is 4.90 Å². The predicted molar refractivity (Wildman–Crippen MR) is 96.0 cm³/mol. The molecule has 1 aromatic carbocycles. The Labute approximate surface area is 148 Å². The summed E-state index contributed by atoms with van der Waals surface area (Å²) in [5, 5.41) is 12.4. The number of rotatable bonds is 4. The molecule has 0 bridgehead atoms. The first-order chi connectivity index (χ1) is 11.9. The Balaban J connectivity index is 1.73. The molecule has 1 aromatic heterocycles. The first-order valence-electron chi connectivity index (χ1n) is 8.94. The van der Waals surface area contributed by atoms with E-state index in [2.05, 4.69) is 53.0 Å². The van der Waals surface area contributed by atoms with E-state index in [9.17, 15) is 4.39 Å². The van der Waals surface area contributed by atoms with Gasteiger partial charge in [0.05, 0.1) is 17.3 Å². The SMILES string of the molecule is CCC(c1nnnn1C(C)(C)C)N1CCN(c2ccccc2F)CC1. The number of piperazine rings is 1. The fourth-order valence-corrected chi connectivity index (χ4v) is 3.47. The van der Waals surface area contributed by atoms with Crippen molar-refractivity contribution in [1.82, 2.24) is 25.1 Å². The van der Waals surface area contributed by atoms with E-state index in [1.165, 1.54) is 6.07 Å². The lowest BCUT2D eigenvalue weighted by atomic mass is 10.1. The monoisotopic (exact) mass is 346 g/mol. The smallest absolute Gasteiger partial charge is 0.168 e. The molecule has 0 amide bonds. The fourth-order valence-electron chi connectivity index (χ4n) is 3.47. The van der Waals surface area contributed by atoms with Crippen LogP contribution in [-0.4, -0.2) is 51.3 Å². The molecule has 0 saturated carbocycles. The lowest BCUT2D eigenvalue weighted by Crippen LogP contribution is -2.48. The molecule has 1 saturated heterocycles. The van der Waals surface area contributed by atoms with Crippen molar-refractivity contribution in [1.29, 1.82) is 0 Å². The standard InChI is InChI=1S/C18H27FN6/c1-5-15(17-20-21-22-25(17)18(2,3)4)23-10-12-24(13-11-23)16-9-7-6-8-14(16)19/h6-9,15H,5,10-13H2,1-4H3. The number of tetrazole rings is 1.